The molecule has 27 heavy (non-hydrogen) atoms. The van der Waals surface area contributed by atoms with Crippen molar-refractivity contribution in [2.75, 3.05) is 25.1 Å². The van der Waals surface area contributed by atoms with Crippen LogP contribution in [0.4, 0.5) is 15.8 Å². The lowest BCUT2D eigenvalue weighted by Crippen LogP contribution is -2.50. The summed E-state index contributed by atoms with van der Waals surface area (Å²) in [7, 11) is 0. The highest BCUT2D eigenvalue weighted by Crippen LogP contribution is 2.48. The van der Waals surface area contributed by atoms with Crippen molar-refractivity contribution in [3.8, 4) is 6.07 Å². The molecule has 7 nitrogen and oxygen atoms in total. The maximum atomic E-state index is 15.7. The summed E-state index contributed by atoms with van der Waals surface area (Å²) in [5, 5.41) is 23.3. The highest BCUT2D eigenvalue weighted by molar-refractivity contribution is 5.64. The molecule has 2 unspecified atom stereocenters. The highest BCUT2D eigenvalue weighted by Gasteiger charge is 2.53. The van der Waals surface area contributed by atoms with Gasteiger partial charge in [0.1, 0.15) is 11.4 Å². The molecule has 1 saturated carbocycles. The molecular formula is C19H22FN3O4. The third-order valence-electron chi connectivity index (χ3n) is 5.46. The molecule has 1 N–H and O–H groups in total. The molecule has 0 aromatic heterocycles. The number of nitrogens with one attached hydrogen (secondary N) is 1. The molecule has 2 atom stereocenters. The van der Waals surface area contributed by atoms with E-state index in [-0.39, 0.29) is 29.9 Å². The first-order valence-corrected chi connectivity index (χ1v) is 8.85. The van der Waals surface area contributed by atoms with Crippen LogP contribution in [0.1, 0.15) is 31.7 Å². The van der Waals surface area contributed by atoms with E-state index in [1.165, 1.54) is 18.2 Å². The molecule has 3 rings (SSSR count). The van der Waals surface area contributed by atoms with Crippen LogP contribution in [0, 0.1) is 27.4 Å². The third-order valence-corrected chi connectivity index (χ3v) is 5.46. The molecule has 1 aliphatic carbocycles. The molecular weight excluding hydrogens is 353 g/mol. The van der Waals surface area contributed by atoms with Gasteiger partial charge in [0.05, 0.1) is 29.8 Å². The van der Waals surface area contributed by atoms with E-state index in [1.54, 1.807) is 6.92 Å². The van der Waals surface area contributed by atoms with Gasteiger partial charge < -0.3 is 14.8 Å². The number of alkyl halides is 1. The standard InChI is InChI=1S/C19H22FN3O4/c1-13(2)19(20)6-5-18(26-7-8-27-18)10-15(19)12-22-16-9-14(11-21)3-4-17(16)23(24)25/h3-4,9,15,22H,1,5-8,10,12H2,2H3. The first kappa shape index (κ1) is 19.3. The van der Waals surface area contributed by atoms with Crippen molar-refractivity contribution in [2.45, 2.75) is 37.6 Å². The Kier molecular flexibility index (Phi) is 5.18. The van der Waals surface area contributed by atoms with Crippen LogP contribution >= 0.6 is 0 Å². The molecule has 0 bridgehead atoms. The Morgan fingerprint density at radius 3 is 2.78 bits per heavy atom. The first-order valence-electron chi connectivity index (χ1n) is 8.85. The van der Waals surface area contributed by atoms with Gasteiger partial charge in [0.15, 0.2) is 5.79 Å². The average molecular weight is 375 g/mol. The van der Waals surface area contributed by atoms with Gasteiger partial charge in [0.2, 0.25) is 0 Å². The number of halogens is 1. The van der Waals surface area contributed by atoms with Gasteiger partial charge in [-0.15, -0.1) is 0 Å². The number of anilines is 1. The molecule has 1 aliphatic heterocycles. The smallest absolute Gasteiger partial charge is 0.292 e. The van der Waals surface area contributed by atoms with Crippen molar-refractivity contribution >= 4 is 11.4 Å². The molecule has 0 amide bonds. The summed E-state index contributed by atoms with van der Waals surface area (Å²) in [6.45, 7) is 6.54. The molecule has 1 spiro atoms. The van der Waals surface area contributed by atoms with Gasteiger partial charge in [-0.1, -0.05) is 6.58 Å². The Morgan fingerprint density at radius 1 is 1.48 bits per heavy atom. The fourth-order valence-electron chi connectivity index (χ4n) is 3.91. The van der Waals surface area contributed by atoms with Crippen LogP contribution in [0.25, 0.3) is 0 Å². The molecule has 2 fully saturated rings. The fraction of sp³-hybridized carbons (Fsp3) is 0.526. The zero-order chi connectivity index (χ0) is 19.7. The molecule has 0 radical (unpaired) electrons. The molecule has 1 saturated heterocycles. The van der Waals surface area contributed by atoms with Crippen molar-refractivity contribution in [1.82, 2.24) is 0 Å². The van der Waals surface area contributed by atoms with E-state index in [0.717, 1.165) is 0 Å². The average Bonchev–Trinajstić information content (AvgIpc) is 3.10. The van der Waals surface area contributed by atoms with Gasteiger partial charge in [-0.2, -0.15) is 5.26 Å². The number of allylic oxidation sites excluding steroid dienone is 1. The van der Waals surface area contributed by atoms with Gasteiger partial charge in [0, 0.05) is 31.4 Å². The number of nitro groups is 1. The Hall–Kier alpha value is -2.50. The van der Waals surface area contributed by atoms with Crippen molar-refractivity contribution < 1.29 is 18.8 Å². The zero-order valence-corrected chi connectivity index (χ0v) is 15.2. The van der Waals surface area contributed by atoms with Crippen LogP contribution < -0.4 is 5.32 Å². The third kappa shape index (κ3) is 3.66. The van der Waals surface area contributed by atoms with Gasteiger partial charge in [0.25, 0.3) is 5.69 Å². The van der Waals surface area contributed by atoms with Crippen LogP contribution in [0.2, 0.25) is 0 Å². The summed E-state index contributed by atoms with van der Waals surface area (Å²) in [4.78, 5) is 10.7. The fourth-order valence-corrected chi connectivity index (χ4v) is 3.91. The maximum Gasteiger partial charge on any atom is 0.292 e. The van der Waals surface area contributed by atoms with E-state index in [1.807, 2.05) is 6.07 Å². The van der Waals surface area contributed by atoms with Gasteiger partial charge in [-0.3, -0.25) is 10.1 Å². The summed E-state index contributed by atoms with van der Waals surface area (Å²) >= 11 is 0. The van der Waals surface area contributed by atoms with E-state index in [9.17, 15) is 10.1 Å². The number of nitriles is 1. The number of hydrogen-bond donors (Lipinski definition) is 1. The van der Waals surface area contributed by atoms with Crippen LogP contribution in [0.15, 0.2) is 30.4 Å². The largest absolute Gasteiger partial charge is 0.379 e. The van der Waals surface area contributed by atoms with E-state index in [0.29, 0.717) is 31.6 Å². The van der Waals surface area contributed by atoms with Crippen molar-refractivity contribution in [2.24, 2.45) is 5.92 Å². The van der Waals surface area contributed by atoms with Crippen LogP contribution in [0.5, 0.6) is 0 Å². The van der Waals surface area contributed by atoms with Crippen LogP contribution in [-0.4, -0.2) is 36.1 Å². The van der Waals surface area contributed by atoms with E-state index < -0.39 is 22.3 Å². The molecule has 8 heteroatoms. The minimum absolute atomic E-state index is 0.132. The van der Waals surface area contributed by atoms with Crippen molar-refractivity contribution in [1.29, 1.82) is 5.26 Å². The molecule has 1 aromatic carbocycles. The molecule has 144 valence electrons. The van der Waals surface area contributed by atoms with Crippen LogP contribution in [0.3, 0.4) is 0 Å². The SMILES string of the molecule is C=C(C)C1(F)CCC2(CC1CNc1cc(C#N)ccc1[N+](=O)[O-])OCCO2. The minimum Gasteiger partial charge on any atom is -0.379 e. The number of rotatable bonds is 5. The number of benzene rings is 1. The Bertz CT molecular complexity index is 801. The monoisotopic (exact) mass is 375 g/mol. The second-order valence-corrected chi connectivity index (χ2v) is 7.13. The maximum absolute atomic E-state index is 15.7. The minimum atomic E-state index is -1.62. The predicted octanol–water partition coefficient (Wildman–Crippen LogP) is 3.71. The van der Waals surface area contributed by atoms with Gasteiger partial charge in [-0.05, 0) is 31.1 Å². The van der Waals surface area contributed by atoms with Crippen molar-refractivity contribution in [3.05, 3.63) is 46.0 Å². The first-order chi connectivity index (χ1) is 12.8. The zero-order valence-electron chi connectivity index (χ0n) is 15.2. The lowest BCUT2D eigenvalue weighted by molar-refractivity contribution is -0.384. The molecule has 1 heterocycles. The lowest BCUT2D eigenvalue weighted by atomic mass is 9.70. The highest BCUT2D eigenvalue weighted by atomic mass is 19.1. The van der Waals surface area contributed by atoms with Crippen LogP contribution in [-0.2, 0) is 9.47 Å². The predicted molar refractivity (Wildman–Crippen MR) is 96.9 cm³/mol. The number of nitro benzene ring substituents is 1. The Balaban J connectivity index is 1.84. The van der Waals surface area contributed by atoms with E-state index >= 15 is 4.39 Å². The molecule has 1 aromatic rings. The second kappa shape index (κ2) is 7.25. The number of hydrogen-bond acceptors (Lipinski definition) is 6. The second-order valence-electron chi connectivity index (χ2n) is 7.13. The van der Waals surface area contributed by atoms with Gasteiger partial charge >= 0.3 is 0 Å². The quantitative estimate of drug-likeness (QED) is 0.479. The number of ether oxygens (including phenoxy) is 2. The summed E-state index contributed by atoms with van der Waals surface area (Å²) in [5.41, 5.74) is -0.877. The van der Waals surface area contributed by atoms with Gasteiger partial charge in [-0.25, -0.2) is 4.39 Å². The summed E-state index contributed by atoms with van der Waals surface area (Å²) < 4.78 is 27.1. The Morgan fingerprint density at radius 2 is 2.19 bits per heavy atom. The number of nitrogens with zero attached hydrogens (tertiary/aromatic N) is 2. The summed E-state index contributed by atoms with van der Waals surface area (Å²) in [5.74, 6) is -1.33. The van der Waals surface area contributed by atoms with Crippen molar-refractivity contribution in [3.63, 3.8) is 0 Å². The summed E-state index contributed by atoms with van der Waals surface area (Å²) in [6.07, 6.45) is 0.987. The van der Waals surface area contributed by atoms with E-state index in [4.69, 9.17) is 14.7 Å². The topological polar surface area (TPSA) is 97.4 Å². The Labute approximate surface area is 156 Å². The summed E-state index contributed by atoms with van der Waals surface area (Å²) in [6, 6.07) is 6.01. The lowest BCUT2D eigenvalue weighted by Gasteiger charge is -2.45. The normalized spacial score (nSPS) is 26.5. The molecule has 2 aliphatic rings. The van der Waals surface area contributed by atoms with E-state index in [2.05, 4.69) is 11.9 Å².